The van der Waals surface area contributed by atoms with Crippen molar-refractivity contribution in [2.24, 2.45) is 5.92 Å². The van der Waals surface area contributed by atoms with E-state index >= 15 is 0 Å². The minimum atomic E-state index is 0.151. The van der Waals surface area contributed by atoms with E-state index in [1.54, 1.807) is 16.8 Å². The number of aromatic nitrogens is 1. The minimum absolute atomic E-state index is 0.151. The zero-order valence-corrected chi connectivity index (χ0v) is 10.5. The fourth-order valence-electron chi connectivity index (χ4n) is 1.37. The van der Waals surface area contributed by atoms with Gasteiger partial charge < -0.3 is 10.5 Å². The van der Waals surface area contributed by atoms with Crippen molar-refractivity contribution in [2.45, 2.75) is 26.9 Å². The average Bonchev–Trinajstić information content (AvgIpc) is 2.70. The topological polar surface area (TPSA) is 48.1 Å². The number of rotatable bonds is 3. The first kappa shape index (κ1) is 11.2. The molecule has 0 bridgehead atoms. The molecule has 1 heterocycles. The van der Waals surface area contributed by atoms with Crippen LogP contribution in [0, 0.1) is 5.92 Å². The molecule has 2 rings (SSSR count). The van der Waals surface area contributed by atoms with E-state index < -0.39 is 0 Å². The van der Waals surface area contributed by atoms with Gasteiger partial charge in [-0.05, 0) is 25.0 Å². The third kappa shape index (κ3) is 1.97. The molecule has 0 spiro atoms. The van der Waals surface area contributed by atoms with Crippen LogP contribution in [-0.4, -0.2) is 11.1 Å². The number of nitrogen functional groups attached to an aromatic ring is 1. The summed E-state index contributed by atoms with van der Waals surface area (Å²) in [7, 11) is 0. The van der Waals surface area contributed by atoms with E-state index in [1.165, 1.54) is 0 Å². The van der Waals surface area contributed by atoms with Crippen LogP contribution in [0.4, 0.5) is 5.69 Å². The maximum absolute atomic E-state index is 6.03. The summed E-state index contributed by atoms with van der Waals surface area (Å²) in [5, 5.41) is 0. The Balaban J connectivity index is 2.34. The molecule has 0 fully saturated rings. The van der Waals surface area contributed by atoms with Crippen LogP contribution >= 0.6 is 11.3 Å². The Hall–Kier alpha value is -1.29. The molecule has 1 unspecified atom stereocenters. The number of hydrogen-bond acceptors (Lipinski definition) is 4. The predicted octanol–water partition coefficient (Wildman–Crippen LogP) is 3.30. The first-order chi connectivity index (χ1) is 7.59. The van der Waals surface area contributed by atoms with Crippen molar-refractivity contribution in [3.05, 3.63) is 17.6 Å². The number of benzene rings is 1. The average molecular weight is 236 g/mol. The largest absolute Gasteiger partial charge is 0.488 e. The highest BCUT2D eigenvalue weighted by Gasteiger charge is 2.13. The lowest BCUT2D eigenvalue weighted by Gasteiger charge is -2.19. The second-order valence-electron chi connectivity index (χ2n) is 4.24. The van der Waals surface area contributed by atoms with Crippen molar-refractivity contribution < 1.29 is 4.74 Å². The maximum Gasteiger partial charge on any atom is 0.144 e. The number of ether oxygens (including phenoxy) is 1. The lowest BCUT2D eigenvalue weighted by atomic mass is 10.1. The van der Waals surface area contributed by atoms with E-state index in [2.05, 4.69) is 25.8 Å². The van der Waals surface area contributed by atoms with Gasteiger partial charge in [0.05, 0.1) is 16.3 Å². The number of hydrogen-bond donors (Lipinski definition) is 1. The molecular weight excluding hydrogens is 220 g/mol. The van der Waals surface area contributed by atoms with E-state index in [9.17, 15) is 0 Å². The van der Waals surface area contributed by atoms with Crippen LogP contribution in [0.25, 0.3) is 10.2 Å². The first-order valence-electron chi connectivity index (χ1n) is 5.38. The minimum Gasteiger partial charge on any atom is -0.488 e. The SMILES string of the molecule is CC(C)C(C)Oc1ccc2scnc2c1N. The van der Waals surface area contributed by atoms with Gasteiger partial charge >= 0.3 is 0 Å². The van der Waals surface area contributed by atoms with Gasteiger partial charge in [0, 0.05) is 0 Å². The Morgan fingerprint density at radius 2 is 2.06 bits per heavy atom. The summed E-state index contributed by atoms with van der Waals surface area (Å²) in [5.41, 5.74) is 9.32. The molecule has 0 amide bonds. The highest BCUT2D eigenvalue weighted by atomic mass is 32.1. The summed E-state index contributed by atoms with van der Waals surface area (Å²) in [6.07, 6.45) is 0.151. The van der Waals surface area contributed by atoms with Crippen molar-refractivity contribution in [3.63, 3.8) is 0 Å². The summed E-state index contributed by atoms with van der Waals surface area (Å²) in [4.78, 5) is 4.24. The Bertz CT molecular complexity index is 493. The van der Waals surface area contributed by atoms with Gasteiger partial charge in [-0.25, -0.2) is 4.98 Å². The third-order valence-electron chi connectivity index (χ3n) is 2.75. The summed E-state index contributed by atoms with van der Waals surface area (Å²) in [6.45, 7) is 6.31. The lowest BCUT2D eigenvalue weighted by molar-refractivity contribution is 0.172. The van der Waals surface area contributed by atoms with Gasteiger partial charge in [0.1, 0.15) is 17.0 Å². The number of thiazole rings is 1. The normalized spacial score (nSPS) is 13.2. The van der Waals surface area contributed by atoms with Gasteiger partial charge in [-0.15, -0.1) is 11.3 Å². The van der Waals surface area contributed by atoms with E-state index in [0.29, 0.717) is 11.6 Å². The van der Waals surface area contributed by atoms with Gasteiger partial charge in [0.15, 0.2) is 0 Å². The molecule has 1 aromatic heterocycles. The highest BCUT2D eigenvalue weighted by Crippen LogP contribution is 2.32. The van der Waals surface area contributed by atoms with Gasteiger partial charge in [-0.3, -0.25) is 0 Å². The molecule has 16 heavy (non-hydrogen) atoms. The molecule has 86 valence electrons. The Morgan fingerprint density at radius 3 is 2.75 bits per heavy atom. The lowest BCUT2D eigenvalue weighted by Crippen LogP contribution is -2.19. The monoisotopic (exact) mass is 236 g/mol. The van der Waals surface area contributed by atoms with Crippen molar-refractivity contribution >= 4 is 27.2 Å². The fraction of sp³-hybridized carbons (Fsp3) is 0.417. The van der Waals surface area contributed by atoms with Crippen LogP contribution in [0.1, 0.15) is 20.8 Å². The maximum atomic E-state index is 6.03. The molecule has 0 saturated heterocycles. The molecule has 0 aliphatic rings. The summed E-state index contributed by atoms with van der Waals surface area (Å²) in [5.74, 6) is 1.20. The van der Waals surface area contributed by atoms with Crippen LogP contribution in [0.2, 0.25) is 0 Å². The predicted molar refractivity (Wildman–Crippen MR) is 69.0 cm³/mol. The second kappa shape index (κ2) is 4.29. The molecule has 1 atom stereocenters. The molecule has 2 aromatic rings. The van der Waals surface area contributed by atoms with E-state index in [-0.39, 0.29) is 6.10 Å². The van der Waals surface area contributed by atoms with Crippen molar-refractivity contribution in [2.75, 3.05) is 5.73 Å². The van der Waals surface area contributed by atoms with Crippen molar-refractivity contribution in [1.82, 2.24) is 4.98 Å². The van der Waals surface area contributed by atoms with E-state index in [0.717, 1.165) is 16.0 Å². The smallest absolute Gasteiger partial charge is 0.144 e. The summed E-state index contributed by atoms with van der Waals surface area (Å²) < 4.78 is 6.92. The molecule has 4 heteroatoms. The van der Waals surface area contributed by atoms with Gasteiger partial charge in [-0.2, -0.15) is 0 Å². The number of fused-ring (bicyclic) bond motifs is 1. The van der Waals surface area contributed by atoms with Gasteiger partial charge in [-0.1, -0.05) is 13.8 Å². The van der Waals surface area contributed by atoms with E-state index in [1.807, 2.05) is 12.1 Å². The van der Waals surface area contributed by atoms with Crippen molar-refractivity contribution in [3.8, 4) is 5.75 Å². The highest BCUT2D eigenvalue weighted by molar-refractivity contribution is 7.16. The Labute approximate surface area is 99.3 Å². The van der Waals surface area contributed by atoms with Crippen LogP contribution in [0.5, 0.6) is 5.75 Å². The third-order valence-corrected chi connectivity index (χ3v) is 3.55. The Kier molecular flexibility index (Phi) is 3.01. The fourth-order valence-corrected chi connectivity index (χ4v) is 2.07. The van der Waals surface area contributed by atoms with Crippen LogP contribution in [-0.2, 0) is 0 Å². The van der Waals surface area contributed by atoms with Crippen LogP contribution in [0.15, 0.2) is 17.6 Å². The number of nitrogens with two attached hydrogens (primary N) is 1. The molecule has 2 N–H and O–H groups in total. The number of nitrogens with zero attached hydrogens (tertiary/aromatic N) is 1. The molecule has 3 nitrogen and oxygen atoms in total. The van der Waals surface area contributed by atoms with E-state index in [4.69, 9.17) is 10.5 Å². The number of anilines is 1. The molecule has 0 saturated carbocycles. The molecule has 1 aromatic carbocycles. The zero-order valence-electron chi connectivity index (χ0n) is 9.73. The van der Waals surface area contributed by atoms with Gasteiger partial charge in [0.25, 0.3) is 0 Å². The van der Waals surface area contributed by atoms with Gasteiger partial charge in [0.2, 0.25) is 0 Å². The van der Waals surface area contributed by atoms with Crippen LogP contribution < -0.4 is 10.5 Å². The molecule has 0 aliphatic heterocycles. The first-order valence-corrected chi connectivity index (χ1v) is 6.26. The Morgan fingerprint density at radius 1 is 1.31 bits per heavy atom. The summed E-state index contributed by atoms with van der Waals surface area (Å²) in [6, 6.07) is 3.93. The quantitative estimate of drug-likeness (QED) is 0.832. The summed E-state index contributed by atoms with van der Waals surface area (Å²) >= 11 is 1.59. The van der Waals surface area contributed by atoms with Crippen molar-refractivity contribution in [1.29, 1.82) is 0 Å². The molecular formula is C12H16N2OS. The zero-order chi connectivity index (χ0) is 11.7. The van der Waals surface area contributed by atoms with Crippen LogP contribution in [0.3, 0.4) is 0 Å². The molecule has 0 aliphatic carbocycles. The molecule has 0 radical (unpaired) electrons. The second-order valence-corrected chi connectivity index (χ2v) is 5.13. The standard InChI is InChI=1S/C12H16N2OS/c1-7(2)8(3)15-9-4-5-10-12(11(9)13)14-6-16-10/h4-8H,13H2,1-3H3.